The Morgan fingerprint density at radius 1 is 1.08 bits per heavy atom. The second-order valence-corrected chi connectivity index (χ2v) is 6.84. The van der Waals surface area contributed by atoms with Crippen molar-refractivity contribution in [3.63, 3.8) is 0 Å². The van der Waals surface area contributed by atoms with Gasteiger partial charge in [-0.2, -0.15) is 5.06 Å². The molecule has 1 atom stereocenters. The van der Waals surface area contributed by atoms with Gasteiger partial charge in [-0.3, -0.25) is 9.79 Å². The first-order valence-corrected chi connectivity index (χ1v) is 9.83. The van der Waals surface area contributed by atoms with Crippen LogP contribution >= 0.6 is 0 Å². The molecule has 1 rings (SSSR count). The standard InChI is InChI=1S/C19H34N2O4.Na.H/c1-2-3-4-5-6-7-8-9-10-11-12-17(15-18(22)23)19(24)25-21-14-13-20-16-21;;/h16-17H,2-15H2,1H3,(H,22,23);;. The van der Waals surface area contributed by atoms with Gasteiger partial charge in [0, 0.05) is 0 Å². The van der Waals surface area contributed by atoms with E-state index in [2.05, 4.69) is 11.9 Å². The molecule has 0 spiro atoms. The Kier molecular flexibility index (Phi) is 16.2. The van der Waals surface area contributed by atoms with Crippen molar-refractivity contribution in [3.05, 3.63) is 0 Å². The van der Waals surface area contributed by atoms with E-state index in [0.29, 0.717) is 19.5 Å². The van der Waals surface area contributed by atoms with E-state index >= 15 is 0 Å². The Balaban J connectivity index is 0.00000625. The van der Waals surface area contributed by atoms with Gasteiger partial charge < -0.3 is 9.94 Å². The van der Waals surface area contributed by atoms with E-state index in [4.69, 9.17) is 9.94 Å². The number of hydroxylamine groups is 2. The fourth-order valence-corrected chi connectivity index (χ4v) is 3.01. The number of rotatable bonds is 15. The Hall–Kier alpha value is -0.590. The molecule has 0 amide bonds. The molecule has 0 aromatic rings. The van der Waals surface area contributed by atoms with Gasteiger partial charge in [-0.05, 0) is 6.42 Å². The number of carboxylic acids is 1. The Morgan fingerprint density at radius 3 is 2.15 bits per heavy atom. The Morgan fingerprint density at radius 2 is 1.65 bits per heavy atom. The summed E-state index contributed by atoms with van der Waals surface area (Å²) in [5.74, 6) is -1.98. The number of aliphatic carboxylic acids is 1. The number of carbonyl (C=O) groups excluding carboxylic acids is 1. The van der Waals surface area contributed by atoms with Crippen LogP contribution in [0.1, 0.15) is 84.0 Å². The number of carbonyl (C=O) groups is 2. The molecule has 0 aromatic heterocycles. The molecule has 1 heterocycles. The molecule has 7 heteroatoms. The molecule has 0 saturated carbocycles. The minimum absolute atomic E-state index is 0. The summed E-state index contributed by atoms with van der Waals surface area (Å²) in [5, 5.41) is 10.4. The zero-order chi connectivity index (χ0) is 18.3. The second kappa shape index (κ2) is 16.6. The Labute approximate surface area is 180 Å². The van der Waals surface area contributed by atoms with Gasteiger partial charge in [-0.15, -0.1) is 0 Å². The van der Waals surface area contributed by atoms with Crippen LogP contribution in [0, 0.1) is 5.92 Å². The van der Waals surface area contributed by atoms with Crippen LogP contribution in [0.25, 0.3) is 0 Å². The summed E-state index contributed by atoms with van der Waals surface area (Å²) >= 11 is 0. The summed E-state index contributed by atoms with van der Waals surface area (Å²) < 4.78 is 0. The molecule has 0 radical (unpaired) electrons. The zero-order valence-corrected chi connectivity index (χ0v) is 15.6. The van der Waals surface area contributed by atoms with Crippen LogP contribution in [-0.2, 0) is 14.4 Å². The average molecular weight is 378 g/mol. The van der Waals surface area contributed by atoms with Crippen molar-refractivity contribution in [2.45, 2.75) is 84.0 Å². The first-order chi connectivity index (χ1) is 12.1. The number of hydrogen-bond acceptors (Lipinski definition) is 5. The van der Waals surface area contributed by atoms with Crippen LogP contribution in [0.5, 0.6) is 0 Å². The molecule has 1 unspecified atom stereocenters. The summed E-state index contributed by atoms with van der Waals surface area (Å²) in [6, 6.07) is 0. The summed E-state index contributed by atoms with van der Waals surface area (Å²) in [4.78, 5) is 32.3. The van der Waals surface area contributed by atoms with Crippen molar-refractivity contribution >= 4 is 47.8 Å². The monoisotopic (exact) mass is 378 g/mol. The topological polar surface area (TPSA) is 79.2 Å². The third kappa shape index (κ3) is 12.7. The number of unbranched alkanes of at least 4 members (excludes halogenated alkanes) is 9. The summed E-state index contributed by atoms with van der Waals surface area (Å²) in [7, 11) is 0. The predicted molar refractivity (Wildman–Crippen MR) is 106 cm³/mol. The molecule has 0 aliphatic carbocycles. The van der Waals surface area contributed by atoms with Gasteiger partial charge in [-0.25, -0.2) is 4.79 Å². The van der Waals surface area contributed by atoms with Crippen molar-refractivity contribution in [2.75, 3.05) is 13.1 Å². The molecule has 0 bridgehead atoms. The van der Waals surface area contributed by atoms with Crippen LogP contribution in [0.4, 0.5) is 0 Å². The number of carboxylic acid groups (broad SMARTS) is 1. The molecule has 6 nitrogen and oxygen atoms in total. The van der Waals surface area contributed by atoms with Crippen molar-refractivity contribution in [1.82, 2.24) is 5.06 Å². The summed E-state index contributed by atoms with van der Waals surface area (Å²) in [6.07, 6.45) is 14.1. The molecular formula is C19H35N2NaO4. The third-order valence-corrected chi connectivity index (χ3v) is 4.53. The minimum atomic E-state index is -0.955. The van der Waals surface area contributed by atoms with Gasteiger partial charge in [0.05, 0.1) is 25.4 Å². The van der Waals surface area contributed by atoms with Gasteiger partial charge in [0.2, 0.25) is 0 Å². The SMILES string of the molecule is CCCCCCCCCCCCC(CC(=O)O)C(=O)ON1C=NCC1.[NaH]. The molecular weight excluding hydrogens is 343 g/mol. The molecule has 1 aliphatic rings. The van der Waals surface area contributed by atoms with Crippen LogP contribution in [0.3, 0.4) is 0 Å². The average Bonchev–Trinajstić information content (AvgIpc) is 3.08. The van der Waals surface area contributed by atoms with Gasteiger partial charge in [0.1, 0.15) is 6.34 Å². The molecule has 0 fully saturated rings. The predicted octanol–water partition coefficient (Wildman–Crippen LogP) is 3.54. The summed E-state index contributed by atoms with van der Waals surface area (Å²) in [5.41, 5.74) is 0. The van der Waals surface area contributed by atoms with E-state index in [-0.39, 0.29) is 36.0 Å². The third-order valence-electron chi connectivity index (χ3n) is 4.53. The number of nitrogens with zero attached hydrogens (tertiary/aromatic N) is 2. The van der Waals surface area contributed by atoms with Crippen molar-refractivity contribution < 1.29 is 19.5 Å². The van der Waals surface area contributed by atoms with Crippen molar-refractivity contribution in [3.8, 4) is 0 Å². The van der Waals surface area contributed by atoms with E-state index in [1.54, 1.807) is 0 Å². The van der Waals surface area contributed by atoms with Crippen LogP contribution in [-0.4, -0.2) is 71.1 Å². The molecule has 1 N–H and O–H groups in total. The zero-order valence-electron chi connectivity index (χ0n) is 15.6. The van der Waals surface area contributed by atoms with E-state index in [0.717, 1.165) is 19.3 Å². The van der Waals surface area contributed by atoms with E-state index in [1.165, 1.54) is 56.3 Å². The quantitative estimate of drug-likeness (QED) is 0.348. The van der Waals surface area contributed by atoms with Gasteiger partial charge in [0.25, 0.3) is 0 Å². The molecule has 146 valence electrons. The van der Waals surface area contributed by atoms with Crippen LogP contribution in [0.15, 0.2) is 4.99 Å². The second-order valence-electron chi connectivity index (χ2n) is 6.84. The normalized spacial score (nSPS) is 14.1. The number of hydrogen-bond donors (Lipinski definition) is 1. The van der Waals surface area contributed by atoms with Gasteiger partial charge >= 0.3 is 41.5 Å². The van der Waals surface area contributed by atoms with Crippen molar-refractivity contribution in [1.29, 1.82) is 0 Å². The van der Waals surface area contributed by atoms with Crippen LogP contribution < -0.4 is 0 Å². The van der Waals surface area contributed by atoms with Crippen molar-refractivity contribution in [2.24, 2.45) is 10.9 Å². The molecule has 0 saturated heterocycles. The first-order valence-electron chi connectivity index (χ1n) is 9.83. The first kappa shape index (κ1) is 25.4. The van der Waals surface area contributed by atoms with Crippen LogP contribution in [0.2, 0.25) is 0 Å². The Bertz CT molecular complexity index is 418. The molecule has 26 heavy (non-hydrogen) atoms. The van der Waals surface area contributed by atoms with E-state index in [1.807, 2.05) is 0 Å². The maximum absolute atomic E-state index is 12.1. The van der Waals surface area contributed by atoms with Gasteiger partial charge in [-0.1, -0.05) is 71.1 Å². The fourth-order valence-electron chi connectivity index (χ4n) is 3.01. The fraction of sp³-hybridized carbons (Fsp3) is 0.842. The maximum atomic E-state index is 12.1. The van der Waals surface area contributed by atoms with Gasteiger partial charge in [0.15, 0.2) is 0 Å². The summed E-state index contributed by atoms with van der Waals surface area (Å²) in [6.45, 7) is 3.38. The number of aliphatic imine (C=N–C) groups is 1. The molecule has 1 aliphatic heterocycles. The van der Waals surface area contributed by atoms with E-state index < -0.39 is 17.9 Å². The molecule has 0 aromatic carbocycles. The van der Waals surface area contributed by atoms with E-state index in [9.17, 15) is 9.59 Å².